The largest absolute Gasteiger partial charge is 0.598 e. The monoisotopic (exact) mass is 502 g/mol. The highest BCUT2D eigenvalue weighted by atomic mass is 32.2. The van der Waals surface area contributed by atoms with Crippen molar-refractivity contribution < 1.29 is 27.3 Å². The molecule has 4 atom stereocenters. The van der Waals surface area contributed by atoms with Gasteiger partial charge < -0.3 is 14.2 Å². The number of rotatable bonds is 5. The molecule has 9 heteroatoms. The van der Waals surface area contributed by atoms with E-state index in [0.29, 0.717) is 12.8 Å². The van der Waals surface area contributed by atoms with Crippen LogP contribution >= 0.6 is 0 Å². The summed E-state index contributed by atoms with van der Waals surface area (Å²) in [5.41, 5.74) is -1.25. The first-order chi connectivity index (χ1) is 15.5. The highest BCUT2D eigenvalue weighted by Gasteiger charge is 2.53. The smallest absolute Gasteiger partial charge is 0.410 e. The van der Waals surface area contributed by atoms with Gasteiger partial charge in [0.05, 0.1) is 11.6 Å². The molecule has 0 saturated carbocycles. The summed E-state index contributed by atoms with van der Waals surface area (Å²) in [4.78, 5) is 14.3. The second-order valence-corrected chi connectivity index (χ2v) is 13.5. The van der Waals surface area contributed by atoms with Gasteiger partial charge in [0.25, 0.3) is 5.92 Å². The quantitative estimate of drug-likeness (QED) is 0.487. The fourth-order valence-electron chi connectivity index (χ4n) is 4.85. The Balaban J connectivity index is 1.80. The van der Waals surface area contributed by atoms with Crippen molar-refractivity contribution in [3.63, 3.8) is 0 Å². The molecule has 34 heavy (non-hydrogen) atoms. The van der Waals surface area contributed by atoms with Crippen LogP contribution < -0.4 is 4.72 Å². The Morgan fingerprint density at radius 2 is 1.71 bits per heavy atom. The van der Waals surface area contributed by atoms with Crippen LogP contribution in [0.5, 0.6) is 0 Å². The Hall–Kier alpha value is -1.45. The van der Waals surface area contributed by atoms with Gasteiger partial charge in [-0.2, -0.15) is 0 Å². The summed E-state index contributed by atoms with van der Waals surface area (Å²) in [7, 11) is 0. The highest BCUT2D eigenvalue weighted by molar-refractivity contribution is 7.90. The number of nitrogens with zero attached hydrogens (tertiary/aromatic N) is 1. The van der Waals surface area contributed by atoms with Crippen molar-refractivity contribution in [2.45, 2.75) is 109 Å². The van der Waals surface area contributed by atoms with Crippen LogP contribution in [0.4, 0.5) is 18.0 Å². The lowest BCUT2D eigenvalue weighted by Crippen LogP contribution is -2.51. The number of amides is 1. The molecule has 2 aliphatic heterocycles. The molecule has 2 aliphatic rings. The van der Waals surface area contributed by atoms with Crippen LogP contribution in [0.2, 0.25) is 0 Å². The summed E-state index contributed by atoms with van der Waals surface area (Å²) in [5, 5.41) is 0. The molecule has 2 saturated heterocycles. The van der Waals surface area contributed by atoms with Crippen LogP contribution in [0.25, 0.3) is 0 Å². The fraction of sp³-hybridized carbons (Fsp3) is 0.720. The number of halogens is 3. The van der Waals surface area contributed by atoms with Gasteiger partial charge in [-0.25, -0.2) is 18.0 Å². The predicted octanol–water partition coefficient (Wildman–Crippen LogP) is 6.21. The van der Waals surface area contributed by atoms with E-state index in [1.165, 1.54) is 12.1 Å². The van der Waals surface area contributed by atoms with Crippen LogP contribution in [-0.4, -0.2) is 38.0 Å². The van der Waals surface area contributed by atoms with Crippen molar-refractivity contribution in [3.05, 3.63) is 35.1 Å². The van der Waals surface area contributed by atoms with Crippen LogP contribution in [-0.2, 0) is 22.0 Å². The summed E-state index contributed by atoms with van der Waals surface area (Å²) >= 11 is -1.48. The van der Waals surface area contributed by atoms with Crippen molar-refractivity contribution in [3.8, 4) is 0 Å². The number of ether oxygens (including phenoxy) is 1. The number of fused-ring (bicyclic) bond motifs is 2. The molecule has 2 fully saturated rings. The number of carbonyl (C=O) groups excluding carboxylic acids is 1. The van der Waals surface area contributed by atoms with E-state index in [0.717, 1.165) is 6.07 Å². The molecule has 2 heterocycles. The fourth-order valence-corrected chi connectivity index (χ4v) is 5.65. The molecule has 192 valence electrons. The lowest BCUT2D eigenvalue weighted by molar-refractivity contribution is -0.100. The SMILES string of the molecule is CC(N[S+]([O-])C(C)(C)C)c1cccc(C(F)(F)C2CC3CCC(C2)N3C(=O)OC(C)(C)C)c1F. The van der Waals surface area contributed by atoms with E-state index < -0.39 is 57.1 Å². The first-order valence-electron chi connectivity index (χ1n) is 11.9. The molecule has 0 aliphatic carbocycles. The Kier molecular flexibility index (Phi) is 7.62. The van der Waals surface area contributed by atoms with Gasteiger partial charge in [0.2, 0.25) is 0 Å². The van der Waals surface area contributed by atoms with Crippen molar-refractivity contribution in [2.75, 3.05) is 0 Å². The molecular weight excluding hydrogens is 465 g/mol. The Bertz CT molecular complexity index is 886. The molecular formula is C25H37F3N2O3S. The Morgan fingerprint density at radius 1 is 1.15 bits per heavy atom. The van der Waals surface area contributed by atoms with Crippen molar-refractivity contribution in [1.29, 1.82) is 0 Å². The normalized spacial score (nSPS) is 25.3. The minimum Gasteiger partial charge on any atom is -0.598 e. The molecule has 2 bridgehead atoms. The molecule has 5 nitrogen and oxygen atoms in total. The van der Waals surface area contributed by atoms with E-state index in [2.05, 4.69) is 4.72 Å². The summed E-state index contributed by atoms with van der Waals surface area (Å²) in [6, 6.07) is 2.61. The Labute approximate surface area is 204 Å². The molecule has 1 amide bonds. The summed E-state index contributed by atoms with van der Waals surface area (Å²) in [6.07, 6.45) is 0.987. The average molecular weight is 503 g/mol. The number of carbonyl (C=O) groups is 1. The molecule has 0 aromatic heterocycles. The third-order valence-electron chi connectivity index (χ3n) is 6.54. The molecule has 3 rings (SSSR count). The zero-order valence-electron chi connectivity index (χ0n) is 21.1. The van der Waals surface area contributed by atoms with Crippen LogP contribution in [0.3, 0.4) is 0 Å². The van der Waals surface area contributed by atoms with Gasteiger partial charge >= 0.3 is 6.09 Å². The predicted molar refractivity (Wildman–Crippen MR) is 127 cm³/mol. The molecule has 4 unspecified atom stereocenters. The first kappa shape index (κ1) is 27.1. The topological polar surface area (TPSA) is 64.6 Å². The summed E-state index contributed by atoms with van der Waals surface area (Å²) < 4.78 is 67.0. The van der Waals surface area contributed by atoms with Gasteiger partial charge in [0.1, 0.15) is 16.2 Å². The van der Waals surface area contributed by atoms with Gasteiger partial charge in [0, 0.05) is 34.9 Å². The van der Waals surface area contributed by atoms with Gasteiger partial charge in [-0.05, 0) is 74.1 Å². The number of hydrogen-bond donors (Lipinski definition) is 1. The zero-order valence-corrected chi connectivity index (χ0v) is 21.9. The third kappa shape index (κ3) is 5.68. The van der Waals surface area contributed by atoms with Gasteiger partial charge in [0.15, 0.2) is 0 Å². The maximum absolute atomic E-state index is 15.7. The lowest BCUT2D eigenvalue weighted by atomic mass is 9.82. The van der Waals surface area contributed by atoms with Crippen molar-refractivity contribution in [2.24, 2.45) is 5.92 Å². The molecule has 1 N–H and O–H groups in total. The highest BCUT2D eigenvalue weighted by Crippen LogP contribution is 2.50. The van der Waals surface area contributed by atoms with E-state index in [1.807, 2.05) is 0 Å². The standard InChI is InChI=1S/C25H37F3N2O3S/c1-15(29-34(32)24(5,6)7)19-9-8-10-20(21(19)26)25(27,28)16-13-17-11-12-18(14-16)30(17)22(31)33-23(2,3)4/h8-10,15-18,29H,11-14H2,1-7H3. The maximum Gasteiger partial charge on any atom is 0.410 e. The van der Waals surface area contributed by atoms with Gasteiger partial charge in [-0.1, -0.05) is 18.2 Å². The van der Waals surface area contributed by atoms with Gasteiger partial charge in [-0.3, -0.25) is 0 Å². The molecule has 0 spiro atoms. The van der Waals surface area contributed by atoms with E-state index >= 15 is 13.2 Å². The van der Waals surface area contributed by atoms with E-state index in [-0.39, 0.29) is 30.5 Å². The number of piperidine rings is 1. The average Bonchev–Trinajstić information content (AvgIpc) is 2.95. The van der Waals surface area contributed by atoms with Crippen LogP contribution in [0.1, 0.15) is 91.3 Å². The van der Waals surface area contributed by atoms with Crippen molar-refractivity contribution in [1.82, 2.24) is 9.62 Å². The number of hydrogen-bond acceptors (Lipinski definition) is 4. The number of benzene rings is 1. The second-order valence-electron chi connectivity index (χ2n) is 11.5. The maximum atomic E-state index is 15.7. The summed E-state index contributed by atoms with van der Waals surface area (Å²) in [6.45, 7) is 12.3. The molecule has 1 aromatic carbocycles. The number of nitrogens with one attached hydrogen (secondary N) is 1. The second kappa shape index (κ2) is 9.54. The van der Waals surface area contributed by atoms with Crippen molar-refractivity contribution >= 4 is 17.5 Å². The van der Waals surface area contributed by atoms with E-state index in [4.69, 9.17) is 4.74 Å². The van der Waals surface area contributed by atoms with E-state index in [1.54, 1.807) is 53.4 Å². The Morgan fingerprint density at radius 3 is 2.21 bits per heavy atom. The van der Waals surface area contributed by atoms with Crippen LogP contribution in [0.15, 0.2) is 18.2 Å². The summed E-state index contributed by atoms with van der Waals surface area (Å²) in [5.74, 6) is -5.45. The first-order valence-corrected chi connectivity index (χ1v) is 13.0. The minimum absolute atomic E-state index is 0.0592. The molecule has 1 aromatic rings. The zero-order chi connectivity index (χ0) is 25.6. The number of alkyl halides is 2. The lowest BCUT2D eigenvalue weighted by Gasteiger charge is -2.42. The molecule has 0 radical (unpaired) electrons. The third-order valence-corrected chi connectivity index (χ3v) is 8.22. The minimum atomic E-state index is -3.40. The van der Waals surface area contributed by atoms with Crippen LogP contribution in [0, 0.1) is 11.7 Å². The van der Waals surface area contributed by atoms with Gasteiger partial charge in [-0.15, -0.1) is 4.72 Å². The van der Waals surface area contributed by atoms with E-state index in [9.17, 15) is 9.35 Å².